The van der Waals surface area contributed by atoms with Gasteiger partial charge in [-0.05, 0) is 48.1 Å². The summed E-state index contributed by atoms with van der Waals surface area (Å²) in [5.41, 5.74) is 3.74. The van der Waals surface area contributed by atoms with Gasteiger partial charge in [0.05, 0.1) is 11.1 Å². The van der Waals surface area contributed by atoms with Crippen LogP contribution in [0, 0.1) is 12.8 Å². The van der Waals surface area contributed by atoms with Crippen molar-refractivity contribution in [3.05, 3.63) is 107 Å². The van der Waals surface area contributed by atoms with E-state index in [0.29, 0.717) is 30.5 Å². The van der Waals surface area contributed by atoms with E-state index in [0.717, 1.165) is 16.7 Å². The van der Waals surface area contributed by atoms with Crippen molar-refractivity contribution >= 4 is 23.6 Å². The number of nitrogens with one attached hydrogen (secondary N) is 1. The second kappa shape index (κ2) is 13.2. The van der Waals surface area contributed by atoms with Gasteiger partial charge in [0.25, 0.3) is 11.8 Å². The molecular formula is C33H37N3O4. The number of benzene rings is 3. The fourth-order valence-corrected chi connectivity index (χ4v) is 4.92. The van der Waals surface area contributed by atoms with Crippen molar-refractivity contribution in [2.75, 3.05) is 13.1 Å². The first kappa shape index (κ1) is 28.7. The maximum Gasteiger partial charge on any atom is 0.261 e. The van der Waals surface area contributed by atoms with Crippen LogP contribution in [0.2, 0.25) is 0 Å². The summed E-state index contributed by atoms with van der Waals surface area (Å²) < 4.78 is 0. The second-order valence-electron chi connectivity index (χ2n) is 10.7. The Balaban J connectivity index is 1.55. The standard InChI is InChI=1S/C33H37N3O4/c1-23(2)21-34-31(38)29(20-25-13-5-4-6-14-25)36(22-26-15-8-7-12-24(26)3)30(37)18-11-19-35-32(39)27-16-9-10-17-28(27)33(35)40/h4-10,12-17,23,29H,11,18-22H2,1-3H3,(H,34,38)/t29-/m1/s1. The lowest BCUT2D eigenvalue weighted by molar-refractivity contribution is -0.141. The maximum absolute atomic E-state index is 13.8. The number of hydrogen-bond donors (Lipinski definition) is 1. The quantitative estimate of drug-likeness (QED) is 0.336. The van der Waals surface area contributed by atoms with Crippen LogP contribution in [0.1, 0.15) is 64.1 Å². The average Bonchev–Trinajstić information content (AvgIpc) is 3.20. The molecule has 0 bridgehead atoms. The molecule has 0 spiro atoms. The Kier molecular flexibility index (Phi) is 9.48. The first-order valence-electron chi connectivity index (χ1n) is 13.9. The van der Waals surface area contributed by atoms with Crippen LogP contribution in [0.4, 0.5) is 0 Å². The summed E-state index contributed by atoms with van der Waals surface area (Å²) in [6, 6.07) is 23.6. The molecule has 0 saturated carbocycles. The largest absolute Gasteiger partial charge is 0.354 e. The van der Waals surface area contributed by atoms with Crippen LogP contribution in [0.25, 0.3) is 0 Å². The Labute approximate surface area is 236 Å². The smallest absolute Gasteiger partial charge is 0.261 e. The first-order valence-corrected chi connectivity index (χ1v) is 13.9. The molecule has 3 aromatic carbocycles. The third kappa shape index (κ3) is 6.84. The van der Waals surface area contributed by atoms with Crippen molar-refractivity contribution in [2.24, 2.45) is 5.92 Å². The van der Waals surface area contributed by atoms with Crippen LogP contribution >= 0.6 is 0 Å². The third-order valence-corrected chi connectivity index (χ3v) is 7.21. The van der Waals surface area contributed by atoms with Crippen molar-refractivity contribution in [1.82, 2.24) is 15.1 Å². The second-order valence-corrected chi connectivity index (χ2v) is 10.7. The molecule has 208 valence electrons. The zero-order valence-electron chi connectivity index (χ0n) is 23.4. The maximum atomic E-state index is 13.8. The molecule has 0 saturated heterocycles. The fraction of sp³-hybridized carbons (Fsp3) is 0.333. The molecule has 1 atom stereocenters. The number of carbonyl (C=O) groups is 4. The highest BCUT2D eigenvalue weighted by Gasteiger charge is 2.35. The van der Waals surface area contributed by atoms with Crippen molar-refractivity contribution in [3.8, 4) is 0 Å². The zero-order valence-corrected chi connectivity index (χ0v) is 23.4. The van der Waals surface area contributed by atoms with Gasteiger partial charge in [0.1, 0.15) is 6.04 Å². The predicted molar refractivity (Wildman–Crippen MR) is 155 cm³/mol. The first-order chi connectivity index (χ1) is 19.3. The summed E-state index contributed by atoms with van der Waals surface area (Å²) in [6.45, 7) is 6.98. The SMILES string of the molecule is Cc1ccccc1CN(C(=O)CCCN1C(=O)c2ccccc2C1=O)[C@H](Cc1ccccc1)C(=O)NCC(C)C. The van der Waals surface area contributed by atoms with Gasteiger partial charge in [0.2, 0.25) is 11.8 Å². The summed E-state index contributed by atoms with van der Waals surface area (Å²) in [5.74, 6) is -0.790. The van der Waals surface area contributed by atoms with E-state index in [1.165, 1.54) is 4.90 Å². The van der Waals surface area contributed by atoms with E-state index >= 15 is 0 Å². The van der Waals surface area contributed by atoms with Crippen molar-refractivity contribution in [2.45, 2.75) is 52.6 Å². The third-order valence-electron chi connectivity index (χ3n) is 7.21. The number of imide groups is 1. The molecule has 7 heteroatoms. The van der Waals surface area contributed by atoms with E-state index < -0.39 is 6.04 Å². The Morgan fingerprint density at radius 2 is 1.45 bits per heavy atom. The van der Waals surface area contributed by atoms with Crippen molar-refractivity contribution < 1.29 is 19.2 Å². The van der Waals surface area contributed by atoms with Gasteiger partial charge in [0.15, 0.2) is 0 Å². The lowest BCUT2D eigenvalue weighted by atomic mass is 10.0. The minimum absolute atomic E-state index is 0.0992. The molecule has 1 aliphatic rings. The molecule has 7 nitrogen and oxygen atoms in total. The number of aryl methyl sites for hydroxylation is 1. The minimum atomic E-state index is -0.715. The summed E-state index contributed by atoms with van der Waals surface area (Å²) >= 11 is 0. The molecule has 40 heavy (non-hydrogen) atoms. The number of hydrogen-bond acceptors (Lipinski definition) is 4. The van der Waals surface area contributed by atoms with Crippen LogP contribution in [0.15, 0.2) is 78.9 Å². The molecule has 0 radical (unpaired) electrons. The Morgan fingerprint density at radius 3 is 2.08 bits per heavy atom. The lowest BCUT2D eigenvalue weighted by Gasteiger charge is -2.32. The van der Waals surface area contributed by atoms with E-state index in [2.05, 4.69) is 5.32 Å². The summed E-state index contributed by atoms with van der Waals surface area (Å²) in [7, 11) is 0. The van der Waals surface area contributed by atoms with Crippen LogP contribution in [0.3, 0.4) is 0 Å². The van der Waals surface area contributed by atoms with Gasteiger partial charge < -0.3 is 10.2 Å². The van der Waals surface area contributed by atoms with Gasteiger partial charge in [-0.2, -0.15) is 0 Å². The number of rotatable bonds is 12. The van der Waals surface area contributed by atoms with Gasteiger partial charge in [-0.1, -0.05) is 80.6 Å². The van der Waals surface area contributed by atoms with Crippen LogP contribution in [-0.4, -0.2) is 52.6 Å². The summed E-state index contributed by atoms with van der Waals surface area (Å²) in [4.78, 5) is 55.8. The average molecular weight is 540 g/mol. The highest BCUT2D eigenvalue weighted by Crippen LogP contribution is 2.23. The zero-order chi connectivity index (χ0) is 28.6. The van der Waals surface area contributed by atoms with Crippen LogP contribution < -0.4 is 5.32 Å². The van der Waals surface area contributed by atoms with Crippen LogP contribution in [-0.2, 0) is 22.6 Å². The van der Waals surface area contributed by atoms with Gasteiger partial charge >= 0.3 is 0 Å². The van der Waals surface area contributed by atoms with E-state index in [4.69, 9.17) is 0 Å². The predicted octanol–water partition coefficient (Wildman–Crippen LogP) is 4.78. The Morgan fingerprint density at radius 1 is 0.850 bits per heavy atom. The Bertz CT molecular complexity index is 1330. The highest BCUT2D eigenvalue weighted by molar-refractivity contribution is 6.21. The normalized spacial score (nSPS) is 13.3. The number of amides is 4. The summed E-state index contributed by atoms with van der Waals surface area (Å²) in [5, 5.41) is 3.03. The molecule has 0 unspecified atom stereocenters. The Hall–Kier alpha value is -4.26. The fourth-order valence-electron chi connectivity index (χ4n) is 4.92. The number of fused-ring (bicyclic) bond motifs is 1. The van der Waals surface area contributed by atoms with E-state index in [9.17, 15) is 19.2 Å². The highest BCUT2D eigenvalue weighted by atomic mass is 16.2. The van der Waals surface area contributed by atoms with E-state index in [1.54, 1.807) is 29.2 Å². The number of carbonyl (C=O) groups excluding carboxylic acids is 4. The lowest BCUT2D eigenvalue weighted by Crippen LogP contribution is -2.51. The van der Waals surface area contributed by atoms with Gasteiger partial charge in [-0.3, -0.25) is 24.1 Å². The molecule has 1 N–H and O–H groups in total. The van der Waals surface area contributed by atoms with Crippen LogP contribution in [0.5, 0.6) is 0 Å². The van der Waals surface area contributed by atoms with Gasteiger partial charge in [0, 0.05) is 32.5 Å². The topological polar surface area (TPSA) is 86.8 Å². The molecule has 4 amide bonds. The molecule has 0 fully saturated rings. The van der Waals surface area contributed by atoms with Crippen molar-refractivity contribution in [1.29, 1.82) is 0 Å². The van der Waals surface area contributed by atoms with E-state index in [1.807, 2.05) is 75.4 Å². The molecule has 1 aliphatic heterocycles. The molecule has 3 aromatic rings. The van der Waals surface area contributed by atoms with Crippen molar-refractivity contribution in [3.63, 3.8) is 0 Å². The summed E-state index contributed by atoms with van der Waals surface area (Å²) in [6.07, 6.45) is 0.781. The number of nitrogens with zero attached hydrogens (tertiary/aromatic N) is 2. The minimum Gasteiger partial charge on any atom is -0.354 e. The molecular weight excluding hydrogens is 502 g/mol. The van der Waals surface area contributed by atoms with E-state index in [-0.39, 0.29) is 49.1 Å². The van der Waals surface area contributed by atoms with Gasteiger partial charge in [-0.25, -0.2) is 0 Å². The molecule has 0 aliphatic carbocycles. The molecule has 4 rings (SSSR count). The molecule has 1 heterocycles. The molecule has 0 aromatic heterocycles. The monoisotopic (exact) mass is 539 g/mol. The van der Waals surface area contributed by atoms with Gasteiger partial charge in [-0.15, -0.1) is 0 Å².